The number of carbonyl (C=O) groups excluding carboxylic acids is 4. The lowest BCUT2D eigenvalue weighted by Gasteiger charge is -2.34. The van der Waals surface area contributed by atoms with E-state index in [4.69, 9.17) is 15.2 Å². The number of amides is 5. The number of hydrogen-bond acceptors (Lipinski definition) is 8. The van der Waals surface area contributed by atoms with Crippen molar-refractivity contribution in [3.8, 4) is 11.5 Å². The summed E-state index contributed by atoms with van der Waals surface area (Å²) < 4.78 is 11.7. The van der Waals surface area contributed by atoms with Crippen molar-refractivity contribution in [2.45, 2.75) is 64.5 Å². The molecular weight excluding hydrogens is 652 g/mol. The van der Waals surface area contributed by atoms with Crippen LogP contribution in [0.15, 0.2) is 66.7 Å². The molecule has 0 radical (unpaired) electrons. The molecule has 1 aliphatic heterocycles. The molecule has 0 bridgehead atoms. The average molecular weight is 703 g/mol. The highest BCUT2D eigenvalue weighted by molar-refractivity contribution is 5.94. The van der Waals surface area contributed by atoms with E-state index in [-0.39, 0.29) is 55.7 Å². The second kappa shape index (κ2) is 18.6. The molecule has 51 heavy (non-hydrogen) atoms. The van der Waals surface area contributed by atoms with E-state index in [0.717, 1.165) is 0 Å². The Morgan fingerprint density at radius 2 is 1.65 bits per heavy atom. The van der Waals surface area contributed by atoms with E-state index < -0.39 is 12.1 Å². The predicted molar refractivity (Wildman–Crippen MR) is 198 cm³/mol. The highest BCUT2D eigenvalue weighted by Gasteiger charge is 2.32. The Hall–Kier alpha value is -5.30. The summed E-state index contributed by atoms with van der Waals surface area (Å²) >= 11 is 0. The van der Waals surface area contributed by atoms with E-state index in [2.05, 4.69) is 16.0 Å². The van der Waals surface area contributed by atoms with Crippen molar-refractivity contribution in [2.75, 3.05) is 55.5 Å². The zero-order chi connectivity index (χ0) is 36.9. The number of methoxy groups -OCH3 is 1. The Morgan fingerprint density at radius 1 is 0.980 bits per heavy atom. The molecule has 1 aliphatic rings. The van der Waals surface area contributed by atoms with Gasteiger partial charge in [-0.3, -0.25) is 14.4 Å². The van der Waals surface area contributed by atoms with Gasteiger partial charge < -0.3 is 46.1 Å². The number of aliphatic hydroxyl groups excluding tert-OH is 1. The van der Waals surface area contributed by atoms with E-state index in [1.807, 2.05) is 6.92 Å². The maximum Gasteiger partial charge on any atom is 0.321 e. The van der Waals surface area contributed by atoms with E-state index >= 15 is 0 Å². The van der Waals surface area contributed by atoms with Crippen molar-refractivity contribution in [1.82, 2.24) is 9.80 Å². The summed E-state index contributed by atoms with van der Waals surface area (Å²) in [6.45, 7) is 4.08. The number of urea groups is 1. The lowest BCUT2D eigenvalue weighted by atomic mass is 10.0. The molecule has 0 spiro atoms. The Morgan fingerprint density at radius 3 is 2.31 bits per heavy atom. The third kappa shape index (κ3) is 11.4. The van der Waals surface area contributed by atoms with Crippen LogP contribution in [0.1, 0.15) is 51.5 Å². The van der Waals surface area contributed by atoms with Crippen molar-refractivity contribution in [3.05, 3.63) is 72.3 Å². The normalized spacial score (nSPS) is 16.3. The highest BCUT2D eigenvalue weighted by Crippen LogP contribution is 2.30. The van der Waals surface area contributed by atoms with E-state index in [1.54, 1.807) is 92.7 Å². The first-order valence-corrected chi connectivity index (χ1v) is 17.3. The molecule has 3 atom stereocenters. The number of aliphatic hydroxyl groups is 1. The molecular formula is C38H50N6O7. The SMILES string of the molecule is COc1ccc(NC(=O)N(C)C[C@H]2Oc3ccc(NC(=O)CCCCCC(=O)Nc4ccccc4N)cc3CC(=O)N([C@@H](C)CO)C[C@H]2C)cc1. The molecule has 3 aromatic carbocycles. The number of ether oxygens (including phenoxy) is 2. The van der Waals surface area contributed by atoms with Gasteiger partial charge in [0.05, 0.1) is 44.1 Å². The summed E-state index contributed by atoms with van der Waals surface area (Å²) in [5, 5.41) is 18.6. The quantitative estimate of drug-likeness (QED) is 0.114. The third-order valence-electron chi connectivity index (χ3n) is 8.88. The Bertz CT molecular complexity index is 1650. The van der Waals surface area contributed by atoms with Gasteiger partial charge in [-0.25, -0.2) is 4.79 Å². The van der Waals surface area contributed by atoms with Crippen LogP contribution in [0.2, 0.25) is 0 Å². The van der Waals surface area contributed by atoms with Gasteiger partial charge in [0, 0.05) is 49.3 Å². The summed E-state index contributed by atoms with van der Waals surface area (Å²) in [7, 11) is 3.25. The molecule has 0 aliphatic carbocycles. The molecule has 0 aromatic heterocycles. The molecule has 3 aromatic rings. The minimum absolute atomic E-state index is 0.00726. The lowest BCUT2D eigenvalue weighted by molar-refractivity contribution is -0.134. The average Bonchev–Trinajstić information content (AvgIpc) is 3.16. The van der Waals surface area contributed by atoms with Crippen LogP contribution in [-0.4, -0.2) is 84.7 Å². The van der Waals surface area contributed by atoms with Crippen molar-refractivity contribution in [1.29, 1.82) is 0 Å². The van der Waals surface area contributed by atoms with Gasteiger partial charge in [0.1, 0.15) is 17.6 Å². The largest absolute Gasteiger partial charge is 0.497 e. The maximum absolute atomic E-state index is 13.6. The van der Waals surface area contributed by atoms with Crippen LogP contribution in [0.5, 0.6) is 11.5 Å². The monoisotopic (exact) mass is 702 g/mol. The second-order valence-corrected chi connectivity index (χ2v) is 13.0. The first-order valence-electron chi connectivity index (χ1n) is 17.3. The molecule has 4 rings (SSSR count). The van der Waals surface area contributed by atoms with Crippen LogP contribution < -0.4 is 31.2 Å². The lowest BCUT2D eigenvalue weighted by Crippen LogP contribution is -2.48. The van der Waals surface area contributed by atoms with Gasteiger partial charge >= 0.3 is 6.03 Å². The molecule has 274 valence electrons. The molecule has 0 saturated heterocycles. The molecule has 0 fully saturated rings. The molecule has 13 heteroatoms. The maximum atomic E-state index is 13.6. The van der Waals surface area contributed by atoms with E-state index in [0.29, 0.717) is 72.0 Å². The topological polar surface area (TPSA) is 176 Å². The van der Waals surface area contributed by atoms with Crippen LogP contribution in [0.3, 0.4) is 0 Å². The summed E-state index contributed by atoms with van der Waals surface area (Å²) in [5.74, 6) is 0.470. The van der Waals surface area contributed by atoms with Gasteiger partial charge in [0.15, 0.2) is 0 Å². The number of hydrogen-bond donors (Lipinski definition) is 5. The molecule has 0 saturated carbocycles. The molecule has 0 unspecified atom stereocenters. The standard InChI is InChI=1S/C38H50N6O7/c1-25-22-44(26(2)24-45)37(48)21-27-20-29(40-35(46)12-6-5-7-13-36(47)42-32-11-9-8-10-31(32)39)16-19-33(27)51-34(25)23-43(3)38(49)41-28-14-17-30(50-4)18-15-28/h8-11,14-20,25-26,34,45H,5-7,12-13,21-24,39H2,1-4H3,(H,40,46)(H,41,49)(H,42,47)/t25-,26+,34-/m1/s1. The summed E-state index contributed by atoms with van der Waals surface area (Å²) in [6.07, 6.45) is 2.03. The number of likely N-dealkylation sites (N-methyl/N-ethyl adjacent to an activating group) is 1. The number of unbranched alkanes of at least 4 members (excludes halogenated alkanes) is 2. The van der Waals surface area contributed by atoms with Crippen LogP contribution in [-0.2, 0) is 20.8 Å². The van der Waals surface area contributed by atoms with Crippen molar-refractivity contribution < 1.29 is 33.8 Å². The van der Waals surface area contributed by atoms with Gasteiger partial charge in [-0.1, -0.05) is 25.5 Å². The van der Waals surface area contributed by atoms with E-state index in [9.17, 15) is 24.3 Å². The van der Waals surface area contributed by atoms with Crippen LogP contribution in [0.25, 0.3) is 0 Å². The van der Waals surface area contributed by atoms with Crippen LogP contribution in [0, 0.1) is 5.92 Å². The zero-order valence-electron chi connectivity index (χ0n) is 29.8. The third-order valence-corrected chi connectivity index (χ3v) is 8.88. The minimum Gasteiger partial charge on any atom is -0.497 e. The number of anilines is 4. The number of benzene rings is 3. The number of nitrogens with one attached hydrogen (secondary N) is 3. The van der Waals surface area contributed by atoms with Crippen molar-refractivity contribution >= 4 is 46.5 Å². The van der Waals surface area contributed by atoms with Gasteiger partial charge in [-0.15, -0.1) is 0 Å². The number of nitrogen functional groups attached to an aromatic ring is 1. The molecule has 5 amide bonds. The fourth-order valence-electron chi connectivity index (χ4n) is 5.77. The van der Waals surface area contributed by atoms with Crippen molar-refractivity contribution in [2.24, 2.45) is 5.92 Å². The van der Waals surface area contributed by atoms with Crippen molar-refractivity contribution in [3.63, 3.8) is 0 Å². The van der Waals surface area contributed by atoms with Gasteiger partial charge in [-0.05, 0) is 74.4 Å². The summed E-state index contributed by atoms with van der Waals surface area (Å²) in [6, 6.07) is 18.5. The first-order chi connectivity index (χ1) is 24.5. The van der Waals surface area contributed by atoms with Crippen LogP contribution in [0.4, 0.5) is 27.5 Å². The number of nitrogens with two attached hydrogens (primary N) is 1. The Kier molecular flexibility index (Phi) is 14.1. The second-order valence-electron chi connectivity index (χ2n) is 13.0. The molecule has 6 N–H and O–H groups in total. The number of rotatable bonds is 14. The number of nitrogens with zero attached hydrogens (tertiary/aromatic N) is 2. The molecule has 13 nitrogen and oxygen atoms in total. The highest BCUT2D eigenvalue weighted by atomic mass is 16.5. The van der Waals surface area contributed by atoms with Gasteiger partial charge in [0.25, 0.3) is 0 Å². The summed E-state index contributed by atoms with van der Waals surface area (Å²) in [5.41, 5.74) is 8.70. The fraction of sp³-hybridized carbons (Fsp3) is 0.421. The number of para-hydroxylation sites is 2. The Labute approximate surface area is 299 Å². The molecule has 1 heterocycles. The number of fused-ring (bicyclic) bond motifs is 1. The van der Waals surface area contributed by atoms with Crippen LogP contribution >= 0.6 is 0 Å². The van der Waals surface area contributed by atoms with Gasteiger partial charge in [0.2, 0.25) is 17.7 Å². The summed E-state index contributed by atoms with van der Waals surface area (Å²) in [4.78, 5) is 55.0. The fourth-order valence-corrected chi connectivity index (χ4v) is 5.77. The first kappa shape index (κ1) is 38.5. The minimum atomic E-state index is -0.498. The Balaban J connectivity index is 1.37. The smallest absolute Gasteiger partial charge is 0.321 e. The predicted octanol–water partition coefficient (Wildman–Crippen LogP) is 5.12. The number of carbonyl (C=O) groups is 4. The van der Waals surface area contributed by atoms with Gasteiger partial charge in [-0.2, -0.15) is 0 Å². The van der Waals surface area contributed by atoms with E-state index in [1.165, 1.54) is 4.90 Å². The zero-order valence-corrected chi connectivity index (χ0v) is 29.8.